The average molecular weight is 436 g/mol. The number of aromatic nitrogens is 2. The lowest BCUT2D eigenvalue weighted by atomic mass is 10.0. The van der Waals surface area contributed by atoms with Crippen molar-refractivity contribution in [1.29, 1.82) is 0 Å². The van der Waals surface area contributed by atoms with E-state index in [1.807, 2.05) is 39.1 Å². The zero-order valence-electron chi connectivity index (χ0n) is 19.4. The van der Waals surface area contributed by atoms with Crippen LogP contribution in [0.5, 0.6) is 0 Å². The minimum atomic E-state index is -0.361. The lowest BCUT2D eigenvalue weighted by Crippen LogP contribution is -2.46. The Balaban J connectivity index is 1.38. The Labute approximate surface area is 189 Å². The molecule has 2 heterocycles. The zero-order chi connectivity index (χ0) is 22.7. The first-order chi connectivity index (χ1) is 15.3. The highest BCUT2D eigenvalue weighted by atomic mass is 16.5. The van der Waals surface area contributed by atoms with Crippen molar-refractivity contribution < 1.29 is 9.53 Å². The number of nitrogens with one attached hydrogen (secondary N) is 2. The summed E-state index contributed by atoms with van der Waals surface area (Å²) in [5, 5.41) is 11.9. The summed E-state index contributed by atoms with van der Waals surface area (Å²) in [4.78, 5) is 16.5. The molecule has 0 bridgehead atoms. The van der Waals surface area contributed by atoms with Crippen LogP contribution < -0.4 is 10.2 Å². The first-order valence-corrected chi connectivity index (χ1v) is 11.2. The minimum Gasteiger partial charge on any atom is -0.452 e. The fourth-order valence-electron chi connectivity index (χ4n) is 4.45. The van der Waals surface area contributed by atoms with E-state index in [1.165, 1.54) is 25.5 Å². The number of ether oxygens (including phenoxy) is 1. The number of carbonyl (C=O) groups is 1. The zero-order valence-corrected chi connectivity index (χ0v) is 19.4. The number of piperidine rings is 1. The topological polar surface area (TPSA) is 73.5 Å². The molecule has 1 amide bonds. The Morgan fingerprint density at radius 2 is 2.03 bits per heavy atom. The molecule has 32 heavy (non-hydrogen) atoms. The molecule has 0 radical (unpaired) electrons. The van der Waals surface area contributed by atoms with Gasteiger partial charge in [0.1, 0.15) is 0 Å². The highest BCUT2D eigenvalue weighted by Crippen LogP contribution is 2.26. The van der Waals surface area contributed by atoms with Crippen molar-refractivity contribution in [3.63, 3.8) is 0 Å². The molecule has 1 atom stereocenters. The highest BCUT2D eigenvalue weighted by Gasteiger charge is 2.29. The number of fused-ring (bicyclic) bond motifs is 1. The molecule has 1 fully saturated rings. The van der Waals surface area contributed by atoms with Gasteiger partial charge in [-0.2, -0.15) is 5.10 Å². The number of amides is 1. The van der Waals surface area contributed by atoms with Gasteiger partial charge in [-0.15, -0.1) is 0 Å². The average Bonchev–Trinajstić information content (AvgIpc) is 3.22. The van der Waals surface area contributed by atoms with Crippen LogP contribution in [0.3, 0.4) is 0 Å². The lowest BCUT2D eigenvalue weighted by molar-refractivity contribution is 0.172. The van der Waals surface area contributed by atoms with E-state index in [0.29, 0.717) is 6.04 Å². The van der Waals surface area contributed by atoms with E-state index < -0.39 is 0 Å². The quantitative estimate of drug-likeness (QED) is 0.589. The molecule has 1 aliphatic rings. The number of aromatic amines is 1. The highest BCUT2D eigenvalue weighted by molar-refractivity contribution is 5.89. The van der Waals surface area contributed by atoms with Gasteiger partial charge in [-0.25, -0.2) is 4.79 Å². The van der Waals surface area contributed by atoms with Gasteiger partial charge in [-0.3, -0.25) is 14.9 Å². The Morgan fingerprint density at radius 1 is 1.25 bits per heavy atom. The van der Waals surface area contributed by atoms with Gasteiger partial charge in [-0.05, 0) is 76.1 Å². The number of hydrogen-bond donors (Lipinski definition) is 2. The maximum atomic E-state index is 12.3. The van der Waals surface area contributed by atoms with E-state index >= 15 is 0 Å². The minimum absolute atomic E-state index is 0.344. The fraction of sp³-hybridized carbons (Fsp3) is 0.440. The molecule has 0 aliphatic carbocycles. The predicted molar refractivity (Wildman–Crippen MR) is 129 cm³/mol. The first kappa shape index (κ1) is 22.1. The fourth-order valence-corrected chi connectivity index (χ4v) is 4.45. The largest absolute Gasteiger partial charge is 0.452 e. The molecule has 2 aromatic carbocycles. The molecular weight excluding hydrogens is 402 g/mol. The van der Waals surface area contributed by atoms with Gasteiger partial charge in [0.25, 0.3) is 0 Å². The lowest BCUT2D eigenvalue weighted by Gasteiger charge is -2.35. The second-order valence-electron chi connectivity index (χ2n) is 9.53. The van der Waals surface area contributed by atoms with E-state index in [-0.39, 0.29) is 11.6 Å². The monoisotopic (exact) mass is 435 g/mol. The number of benzene rings is 2. The number of methoxy groups -OCH3 is 1. The number of carbonyl (C=O) groups excluding carboxylic acids is 1. The van der Waals surface area contributed by atoms with E-state index in [2.05, 4.69) is 50.7 Å². The second kappa shape index (κ2) is 9.20. The van der Waals surface area contributed by atoms with Crippen molar-refractivity contribution in [3.05, 3.63) is 54.2 Å². The molecule has 3 aromatic rings. The summed E-state index contributed by atoms with van der Waals surface area (Å²) in [6, 6.07) is 15.0. The third-order valence-electron chi connectivity index (χ3n) is 5.95. The third kappa shape index (κ3) is 5.05. The van der Waals surface area contributed by atoms with Crippen molar-refractivity contribution in [1.82, 2.24) is 15.1 Å². The van der Waals surface area contributed by atoms with Crippen molar-refractivity contribution in [2.24, 2.45) is 0 Å². The summed E-state index contributed by atoms with van der Waals surface area (Å²) < 4.78 is 4.99. The number of likely N-dealkylation sites (tertiary alicyclic amines) is 1. The van der Waals surface area contributed by atoms with Crippen LogP contribution in [0.25, 0.3) is 10.9 Å². The first-order valence-electron chi connectivity index (χ1n) is 11.2. The van der Waals surface area contributed by atoms with Gasteiger partial charge >= 0.3 is 6.09 Å². The van der Waals surface area contributed by atoms with Crippen LogP contribution in [0.1, 0.15) is 39.2 Å². The summed E-state index contributed by atoms with van der Waals surface area (Å²) in [7, 11) is 1.42. The van der Waals surface area contributed by atoms with E-state index in [0.717, 1.165) is 41.9 Å². The van der Waals surface area contributed by atoms with Gasteiger partial charge in [0, 0.05) is 41.4 Å². The molecule has 1 saturated heterocycles. The third-order valence-corrected chi connectivity index (χ3v) is 5.95. The molecule has 0 saturated carbocycles. The van der Waals surface area contributed by atoms with Crippen molar-refractivity contribution >= 4 is 28.4 Å². The molecule has 0 spiro atoms. The van der Waals surface area contributed by atoms with Crippen LogP contribution in [0, 0.1) is 0 Å². The smallest absolute Gasteiger partial charge is 0.414 e. The normalized spacial score (nSPS) is 17.3. The second-order valence-corrected chi connectivity index (χ2v) is 9.53. The van der Waals surface area contributed by atoms with Crippen LogP contribution >= 0.6 is 0 Å². The Morgan fingerprint density at radius 3 is 2.75 bits per heavy atom. The Hall–Kier alpha value is -3.06. The van der Waals surface area contributed by atoms with E-state index in [4.69, 9.17) is 4.74 Å². The van der Waals surface area contributed by atoms with E-state index in [1.54, 1.807) is 4.90 Å². The van der Waals surface area contributed by atoms with Gasteiger partial charge < -0.3 is 10.1 Å². The van der Waals surface area contributed by atoms with Crippen LogP contribution in [0.2, 0.25) is 0 Å². The van der Waals surface area contributed by atoms with Crippen LogP contribution in [0.15, 0.2) is 48.7 Å². The van der Waals surface area contributed by atoms with Crippen LogP contribution in [-0.2, 0) is 11.3 Å². The molecule has 1 aliphatic heterocycles. The summed E-state index contributed by atoms with van der Waals surface area (Å²) >= 11 is 0. The Kier molecular flexibility index (Phi) is 6.37. The molecule has 170 valence electrons. The summed E-state index contributed by atoms with van der Waals surface area (Å²) in [6.07, 6.45) is 3.85. The van der Waals surface area contributed by atoms with Gasteiger partial charge in [0.05, 0.1) is 18.8 Å². The molecule has 4 rings (SSSR count). The van der Waals surface area contributed by atoms with Gasteiger partial charge in [-0.1, -0.05) is 12.1 Å². The Bertz CT molecular complexity index is 1050. The number of rotatable bonds is 5. The SMILES string of the molecule is COC(=O)N(c1ccc(CN2CCC[C@H](Nc3ccc4[nH]ncc4c3)C2)cc1)C(C)(C)C. The molecule has 7 heteroatoms. The van der Waals surface area contributed by atoms with Gasteiger partial charge in [0.2, 0.25) is 0 Å². The number of anilines is 2. The molecule has 0 unspecified atom stereocenters. The standard InChI is InChI=1S/C25H33N5O2/c1-25(2,3)30(24(31)32-4)22-10-7-18(8-11-22)16-29-13-5-6-21(17-29)27-20-9-12-23-19(14-20)15-26-28-23/h7-12,14-15,21,27H,5-6,13,16-17H2,1-4H3,(H,26,28)/t21-/m0/s1. The van der Waals surface area contributed by atoms with E-state index in [9.17, 15) is 4.79 Å². The number of H-pyrrole nitrogens is 1. The maximum Gasteiger partial charge on any atom is 0.414 e. The maximum absolute atomic E-state index is 12.3. The summed E-state index contributed by atoms with van der Waals surface area (Å²) in [6.45, 7) is 9.00. The number of hydrogen-bond acceptors (Lipinski definition) is 5. The molecule has 2 N–H and O–H groups in total. The predicted octanol–water partition coefficient (Wildman–Crippen LogP) is 5.01. The summed E-state index contributed by atoms with van der Waals surface area (Å²) in [5.41, 5.74) is 3.93. The van der Waals surface area contributed by atoms with Crippen molar-refractivity contribution in [2.45, 2.75) is 51.7 Å². The van der Waals surface area contributed by atoms with Crippen LogP contribution in [-0.4, -0.2) is 53.0 Å². The van der Waals surface area contributed by atoms with Crippen molar-refractivity contribution in [2.75, 3.05) is 30.4 Å². The molecule has 1 aromatic heterocycles. The van der Waals surface area contributed by atoms with Crippen molar-refractivity contribution in [3.8, 4) is 0 Å². The van der Waals surface area contributed by atoms with Crippen LogP contribution in [0.4, 0.5) is 16.2 Å². The molecule has 7 nitrogen and oxygen atoms in total. The van der Waals surface area contributed by atoms with Gasteiger partial charge in [0.15, 0.2) is 0 Å². The number of nitrogens with zero attached hydrogens (tertiary/aromatic N) is 3. The summed E-state index contributed by atoms with van der Waals surface area (Å²) in [5.74, 6) is 0. The molecular formula is C25H33N5O2.